The lowest BCUT2D eigenvalue weighted by atomic mass is 10.2. The molecule has 3 rings (SSSR count). The van der Waals surface area contributed by atoms with Crippen molar-refractivity contribution < 1.29 is 9.15 Å². The van der Waals surface area contributed by atoms with Crippen molar-refractivity contribution in [3.05, 3.63) is 51.9 Å². The van der Waals surface area contributed by atoms with Crippen LogP contribution in [0.15, 0.2) is 39.2 Å². The molecule has 0 aliphatic heterocycles. The van der Waals surface area contributed by atoms with E-state index >= 15 is 0 Å². The average molecular weight is 336 g/mol. The van der Waals surface area contributed by atoms with Gasteiger partial charge < -0.3 is 14.5 Å². The molecule has 0 unspecified atom stereocenters. The molecule has 3 nitrogen and oxygen atoms in total. The maximum atomic E-state index is 5.74. The lowest BCUT2D eigenvalue weighted by Gasteiger charge is -2.06. The molecule has 106 valence electrons. The van der Waals surface area contributed by atoms with Gasteiger partial charge in [0, 0.05) is 10.5 Å². The zero-order chi connectivity index (χ0) is 13.9. The summed E-state index contributed by atoms with van der Waals surface area (Å²) < 4.78 is 12.6. The van der Waals surface area contributed by atoms with Gasteiger partial charge in [-0.15, -0.1) is 0 Å². The Kier molecular flexibility index (Phi) is 4.13. The molecule has 1 aliphatic carbocycles. The highest BCUT2D eigenvalue weighted by atomic mass is 79.9. The van der Waals surface area contributed by atoms with E-state index in [2.05, 4.69) is 21.2 Å². The Bertz CT molecular complexity index is 590. The third kappa shape index (κ3) is 3.64. The number of furan rings is 1. The van der Waals surface area contributed by atoms with Gasteiger partial charge in [0.25, 0.3) is 0 Å². The fraction of sp³-hybridized carbons (Fsp3) is 0.375. The molecule has 0 bridgehead atoms. The van der Waals surface area contributed by atoms with Crippen LogP contribution < -0.4 is 10.1 Å². The normalized spacial score (nSPS) is 14.5. The summed E-state index contributed by atoms with van der Waals surface area (Å²) >= 11 is 3.48. The standard InChI is InChI=1S/C16H18BrNO2/c1-11-8-13(6-7-16(11)17)19-10-15-5-4-14(20-15)9-18-12-2-3-12/h4-8,12,18H,2-3,9-10H2,1H3. The SMILES string of the molecule is Cc1cc(OCc2ccc(CNC3CC3)o2)ccc1Br. The van der Waals surface area contributed by atoms with Crippen molar-refractivity contribution in [3.8, 4) is 5.75 Å². The second-order valence-electron chi connectivity index (χ2n) is 5.22. The van der Waals surface area contributed by atoms with Gasteiger partial charge in [-0.3, -0.25) is 0 Å². The van der Waals surface area contributed by atoms with Crippen molar-refractivity contribution in [1.82, 2.24) is 5.32 Å². The van der Waals surface area contributed by atoms with Crippen LogP contribution in [-0.2, 0) is 13.2 Å². The number of hydrogen-bond acceptors (Lipinski definition) is 3. The van der Waals surface area contributed by atoms with Crippen LogP contribution >= 0.6 is 15.9 Å². The van der Waals surface area contributed by atoms with Crippen LogP contribution in [0.4, 0.5) is 0 Å². The molecular formula is C16H18BrNO2. The minimum Gasteiger partial charge on any atom is -0.486 e. The fourth-order valence-corrected chi connectivity index (χ4v) is 2.24. The number of rotatable bonds is 6. The molecule has 1 aliphatic rings. The molecule has 0 atom stereocenters. The topological polar surface area (TPSA) is 34.4 Å². The number of benzene rings is 1. The molecule has 4 heteroatoms. The summed E-state index contributed by atoms with van der Waals surface area (Å²) in [6.45, 7) is 3.32. The second-order valence-corrected chi connectivity index (χ2v) is 6.08. The summed E-state index contributed by atoms with van der Waals surface area (Å²) in [6, 6.07) is 10.7. The molecule has 2 aromatic rings. The first-order valence-corrected chi connectivity index (χ1v) is 7.70. The maximum absolute atomic E-state index is 5.74. The second kappa shape index (κ2) is 6.02. The first kappa shape index (κ1) is 13.7. The van der Waals surface area contributed by atoms with Crippen LogP contribution in [0.5, 0.6) is 5.75 Å². The Morgan fingerprint density at radius 3 is 2.80 bits per heavy atom. The van der Waals surface area contributed by atoms with E-state index in [9.17, 15) is 0 Å². The van der Waals surface area contributed by atoms with Crippen molar-refractivity contribution in [2.45, 2.75) is 39.0 Å². The highest BCUT2D eigenvalue weighted by Crippen LogP contribution is 2.23. The van der Waals surface area contributed by atoms with Gasteiger partial charge in [0.2, 0.25) is 0 Å². The zero-order valence-electron chi connectivity index (χ0n) is 11.5. The highest BCUT2D eigenvalue weighted by molar-refractivity contribution is 9.10. The number of hydrogen-bond donors (Lipinski definition) is 1. The van der Waals surface area contributed by atoms with Gasteiger partial charge in [0.15, 0.2) is 0 Å². The van der Waals surface area contributed by atoms with Gasteiger partial charge in [-0.1, -0.05) is 15.9 Å². The molecule has 0 radical (unpaired) electrons. The van der Waals surface area contributed by atoms with E-state index in [1.807, 2.05) is 37.3 Å². The molecule has 1 fully saturated rings. The van der Waals surface area contributed by atoms with E-state index < -0.39 is 0 Å². The molecule has 1 heterocycles. The van der Waals surface area contributed by atoms with Crippen LogP contribution in [0.2, 0.25) is 0 Å². The van der Waals surface area contributed by atoms with E-state index in [-0.39, 0.29) is 0 Å². The van der Waals surface area contributed by atoms with Gasteiger partial charge >= 0.3 is 0 Å². The molecule has 0 amide bonds. The summed E-state index contributed by atoms with van der Waals surface area (Å²) in [4.78, 5) is 0. The first-order chi connectivity index (χ1) is 9.70. The minimum atomic E-state index is 0.463. The smallest absolute Gasteiger partial charge is 0.146 e. The summed E-state index contributed by atoms with van der Waals surface area (Å²) in [5, 5.41) is 3.43. The van der Waals surface area contributed by atoms with Crippen LogP contribution in [0.1, 0.15) is 29.9 Å². The molecule has 1 aromatic heterocycles. The van der Waals surface area contributed by atoms with Crippen LogP contribution in [0, 0.1) is 6.92 Å². The Morgan fingerprint density at radius 1 is 1.25 bits per heavy atom. The van der Waals surface area contributed by atoms with Crippen molar-refractivity contribution in [1.29, 1.82) is 0 Å². The maximum Gasteiger partial charge on any atom is 0.146 e. The van der Waals surface area contributed by atoms with Crippen molar-refractivity contribution >= 4 is 15.9 Å². The van der Waals surface area contributed by atoms with E-state index in [0.717, 1.165) is 33.9 Å². The molecule has 0 saturated heterocycles. The van der Waals surface area contributed by atoms with Crippen LogP contribution in [0.25, 0.3) is 0 Å². The number of nitrogens with one attached hydrogen (secondary N) is 1. The van der Waals surface area contributed by atoms with Gasteiger partial charge in [-0.25, -0.2) is 0 Å². The Morgan fingerprint density at radius 2 is 2.05 bits per heavy atom. The van der Waals surface area contributed by atoms with E-state index in [0.29, 0.717) is 12.6 Å². The Balaban J connectivity index is 1.53. The van der Waals surface area contributed by atoms with E-state index in [1.165, 1.54) is 12.8 Å². The number of ether oxygens (including phenoxy) is 1. The van der Waals surface area contributed by atoms with E-state index in [4.69, 9.17) is 9.15 Å². The lowest BCUT2D eigenvalue weighted by molar-refractivity contribution is 0.265. The molecule has 20 heavy (non-hydrogen) atoms. The first-order valence-electron chi connectivity index (χ1n) is 6.90. The predicted molar refractivity (Wildman–Crippen MR) is 81.8 cm³/mol. The highest BCUT2D eigenvalue weighted by Gasteiger charge is 2.20. The number of aryl methyl sites for hydroxylation is 1. The summed E-state index contributed by atoms with van der Waals surface area (Å²) in [5.41, 5.74) is 1.16. The monoisotopic (exact) mass is 335 g/mol. The third-order valence-electron chi connectivity index (χ3n) is 3.37. The molecule has 1 saturated carbocycles. The van der Waals surface area contributed by atoms with Crippen molar-refractivity contribution in [2.24, 2.45) is 0 Å². The van der Waals surface area contributed by atoms with Crippen molar-refractivity contribution in [2.75, 3.05) is 0 Å². The molecule has 1 N–H and O–H groups in total. The lowest BCUT2D eigenvalue weighted by Crippen LogP contribution is -2.14. The third-order valence-corrected chi connectivity index (χ3v) is 4.26. The fourth-order valence-electron chi connectivity index (χ4n) is 1.99. The molecule has 0 spiro atoms. The van der Waals surface area contributed by atoms with Crippen LogP contribution in [-0.4, -0.2) is 6.04 Å². The van der Waals surface area contributed by atoms with Gasteiger partial charge in [0.05, 0.1) is 6.54 Å². The minimum absolute atomic E-state index is 0.463. The molecular weight excluding hydrogens is 318 g/mol. The van der Waals surface area contributed by atoms with E-state index in [1.54, 1.807) is 0 Å². The summed E-state index contributed by atoms with van der Waals surface area (Å²) in [5.74, 6) is 2.69. The largest absolute Gasteiger partial charge is 0.486 e. The van der Waals surface area contributed by atoms with Gasteiger partial charge in [-0.05, 0) is 55.7 Å². The Hall–Kier alpha value is -1.26. The predicted octanol–water partition coefficient (Wildman–Crippen LogP) is 4.18. The zero-order valence-corrected chi connectivity index (χ0v) is 13.1. The van der Waals surface area contributed by atoms with Gasteiger partial charge in [0.1, 0.15) is 23.9 Å². The van der Waals surface area contributed by atoms with Crippen LogP contribution in [0.3, 0.4) is 0 Å². The quantitative estimate of drug-likeness (QED) is 0.859. The molecule has 1 aromatic carbocycles. The van der Waals surface area contributed by atoms with Crippen molar-refractivity contribution in [3.63, 3.8) is 0 Å². The van der Waals surface area contributed by atoms with Gasteiger partial charge in [-0.2, -0.15) is 0 Å². The number of halogens is 1. The Labute approximate surface area is 127 Å². The summed E-state index contributed by atoms with van der Waals surface area (Å²) in [7, 11) is 0. The average Bonchev–Trinajstić information content (AvgIpc) is 3.16. The summed E-state index contributed by atoms with van der Waals surface area (Å²) in [6.07, 6.45) is 2.58.